The molecule has 1 amide bonds. The number of benzene rings is 1. The molecular formula is C17H22N2O5S. The lowest BCUT2D eigenvalue weighted by molar-refractivity contribution is -0.120. The van der Waals surface area contributed by atoms with Gasteiger partial charge in [-0.25, -0.2) is 8.42 Å². The van der Waals surface area contributed by atoms with Gasteiger partial charge in [-0.05, 0) is 31.0 Å². The van der Waals surface area contributed by atoms with Gasteiger partial charge in [-0.3, -0.25) is 9.59 Å². The van der Waals surface area contributed by atoms with Crippen LogP contribution in [-0.4, -0.2) is 62.6 Å². The van der Waals surface area contributed by atoms with E-state index < -0.39 is 10.0 Å². The van der Waals surface area contributed by atoms with E-state index in [2.05, 4.69) is 0 Å². The minimum atomic E-state index is -3.69. The Labute approximate surface area is 147 Å². The second-order valence-corrected chi connectivity index (χ2v) is 8.21. The highest BCUT2D eigenvalue weighted by Gasteiger charge is 2.31. The summed E-state index contributed by atoms with van der Waals surface area (Å²) in [6.07, 6.45) is 2.37. The Hall–Kier alpha value is -1.93. The molecule has 2 aliphatic rings. The van der Waals surface area contributed by atoms with E-state index >= 15 is 0 Å². The molecule has 0 N–H and O–H groups in total. The van der Waals surface area contributed by atoms with Crippen LogP contribution in [0.4, 0.5) is 0 Å². The maximum absolute atomic E-state index is 12.9. The highest BCUT2D eigenvalue weighted by atomic mass is 32.2. The van der Waals surface area contributed by atoms with Gasteiger partial charge in [0.25, 0.3) is 5.91 Å². The average molecular weight is 366 g/mol. The predicted octanol–water partition coefficient (Wildman–Crippen LogP) is 1.28. The maximum Gasteiger partial charge on any atom is 0.253 e. The van der Waals surface area contributed by atoms with Crippen molar-refractivity contribution < 1.29 is 22.7 Å². The van der Waals surface area contributed by atoms with Crippen LogP contribution in [0, 0.1) is 0 Å². The molecule has 0 spiro atoms. The van der Waals surface area contributed by atoms with Crippen LogP contribution in [-0.2, 0) is 14.8 Å². The number of carbonyl (C=O) groups is 2. The molecule has 0 saturated carbocycles. The fraction of sp³-hybridized carbons (Fsp3) is 0.529. The molecule has 0 aliphatic carbocycles. The second kappa shape index (κ2) is 7.13. The summed E-state index contributed by atoms with van der Waals surface area (Å²) < 4.78 is 32.4. The molecule has 0 atom stereocenters. The van der Waals surface area contributed by atoms with Gasteiger partial charge in [-0.2, -0.15) is 4.31 Å². The molecule has 136 valence electrons. The monoisotopic (exact) mass is 366 g/mol. The number of hydrogen-bond donors (Lipinski definition) is 0. The van der Waals surface area contributed by atoms with Crippen molar-refractivity contribution in [3.05, 3.63) is 23.8 Å². The number of nitrogens with zero attached hydrogens (tertiary/aromatic N) is 2. The zero-order valence-corrected chi connectivity index (χ0v) is 15.0. The maximum atomic E-state index is 12.9. The SMILES string of the molecule is COc1ccc(C(=O)N2CCC(=O)CC2)cc1S(=O)(=O)N1CCCC1. The largest absolute Gasteiger partial charge is 0.495 e. The summed E-state index contributed by atoms with van der Waals surface area (Å²) in [5.41, 5.74) is 0.299. The highest BCUT2D eigenvalue weighted by Crippen LogP contribution is 2.30. The highest BCUT2D eigenvalue weighted by molar-refractivity contribution is 7.89. The average Bonchev–Trinajstić information content (AvgIpc) is 3.17. The van der Waals surface area contributed by atoms with Crippen molar-refractivity contribution in [2.75, 3.05) is 33.3 Å². The lowest BCUT2D eigenvalue weighted by Gasteiger charge is -2.26. The zero-order valence-electron chi connectivity index (χ0n) is 14.2. The van der Waals surface area contributed by atoms with Crippen molar-refractivity contribution in [3.63, 3.8) is 0 Å². The molecule has 2 aliphatic heterocycles. The smallest absolute Gasteiger partial charge is 0.253 e. The summed E-state index contributed by atoms with van der Waals surface area (Å²) in [5, 5.41) is 0. The number of sulfonamides is 1. The van der Waals surface area contributed by atoms with Crippen LogP contribution in [0.2, 0.25) is 0 Å². The minimum absolute atomic E-state index is 0.0239. The molecule has 25 heavy (non-hydrogen) atoms. The fourth-order valence-electron chi connectivity index (χ4n) is 3.22. The summed E-state index contributed by atoms with van der Waals surface area (Å²) in [6, 6.07) is 4.48. The molecule has 2 fully saturated rings. The van der Waals surface area contributed by atoms with E-state index in [0.717, 1.165) is 12.8 Å². The normalized spacial score (nSPS) is 19.2. The van der Waals surface area contributed by atoms with Crippen molar-refractivity contribution in [1.82, 2.24) is 9.21 Å². The third-order valence-corrected chi connectivity index (χ3v) is 6.62. The van der Waals surface area contributed by atoms with Crippen LogP contribution < -0.4 is 4.74 Å². The first-order valence-electron chi connectivity index (χ1n) is 8.42. The molecule has 0 aromatic heterocycles. The Morgan fingerprint density at radius 3 is 2.32 bits per heavy atom. The molecule has 0 radical (unpaired) electrons. The lowest BCUT2D eigenvalue weighted by atomic mass is 10.1. The molecule has 3 rings (SSSR count). The van der Waals surface area contributed by atoms with E-state index in [1.807, 2.05) is 0 Å². The Morgan fingerprint density at radius 1 is 1.08 bits per heavy atom. The van der Waals surface area contributed by atoms with E-state index in [9.17, 15) is 18.0 Å². The summed E-state index contributed by atoms with van der Waals surface area (Å²) in [6.45, 7) is 1.71. The molecular weight excluding hydrogens is 344 g/mol. The summed E-state index contributed by atoms with van der Waals surface area (Å²) in [4.78, 5) is 25.6. The molecule has 1 aromatic carbocycles. The summed E-state index contributed by atoms with van der Waals surface area (Å²) in [5.74, 6) is 0.126. The van der Waals surface area contributed by atoms with E-state index in [-0.39, 0.29) is 22.3 Å². The number of Topliss-reactive ketones (excluding diaryl/α,β-unsaturated/α-hetero) is 1. The third-order valence-electron chi connectivity index (χ3n) is 4.70. The first-order chi connectivity index (χ1) is 11.9. The van der Waals surface area contributed by atoms with Crippen LogP contribution in [0.1, 0.15) is 36.0 Å². The second-order valence-electron chi connectivity index (χ2n) is 6.31. The molecule has 7 nitrogen and oxygen atoms in total. The number of methoxy groups -OCH3 is 1. The topological polar surface area (TPSA) is 84.0 Å². The standard InChI is InChI=1S/C17H22N2O5S/c1-24-15-5-4-13(17(21)18-10-6-14(20)7-11-18)12-16(15)25(22,23)19-8-2-3-9-19/h4-5,12H,2-3,6-11H2,1H3. The van der Waals surface area contributed by atoms with Gasteiger partial charge in [0.1, 0.15) is 16.4 Å². The molecule has 2 saturated heterocycles. The first kappa shape index (κ1) is 17.9. The van der Waals surface area contributed by atoms with Crippen LogP contribution >= 0.6 is 0 Å². The Kier molecular flexibility index (Phi) is 5.10. The zero-order chi connectivity index (χ0) is 18.0. The molecule has 2 heterocycles. The van der Waals surface area contributed by atoms with Gasteiger partial charge in [-0.1, -0.05) is 0 Å². The van der Waals surface area contributed by atoms with Gasteiger partial charge in [-0.15, -0.1) is 0 Å². The van der Waals surface area contributed by atoms with Crippen molar-refractivity contribution in [2.45, 2.75) is 30.6 Å². The van der Waals surface area contributed by atoms with Crippen LogP contribution in [0.15, 0.2) is 23.1 Å². The summed E-state index contributed by atoms with van der Waals surface area (Å²) >= 11 is 0. The number of hydrogen-bond acceptors (Lipinski definition) is 5. The number of piperidine rings is 1. The van der Waals surface area contributed by atoms with Gasteiger partial charge in [0.2, 0.25) is 10.0 Å². The van der Waals surface area contributed by atoms with Crippen LogP contribution in [0.3, 0.4) is 0 Å². The van der Waals surface area contributed by atoms with Gasteiger partial charge in [0.05, 0.1) is 7.11 Å². The van der Waals surface area contributed by atoms with Crippen LogP contribution in [0.5, 0.6) is 5.75 Å². The third kappa shape index (κ3) is 3.55. The Bertz CT molecular complexity index is 774. The van der Waals surface area contributed by atoms with Crippen molar-refractivity contribution in [3.8, 4) is 5.75 Å². The first-order valence-corrected chi connectivity index (χ1v) is 9.86. The number of ketones is 1. The van der Waals surface area contributed by atoms with Gasteiger partial charge < -0.3 is 9.64 Å². The minimum Gasteiger partial charge on any atom is -0.495 e. The Morgan fingerprint density at radius 2 is 1.72 bits per heavy atom. The number of amides is 1. The number of ether oxygens (including phenoxy) is 1. The van der Waals surface area contributed by atoms with Gasteiger partial charge in [0.15, 0.2) is 0 Å². The van der Waals surface area contributed by atoms with E-state index in [1.54, 1.807) is 11.0 Å². The van der Waals surface area contributed by atoms with Crippen LogP contribution in [0.25, 0.3) is 0 Å². The van der Waals surface area contributed by atoms with Crippen molar-refractivity contribution in [1.29, 1.82) is 0 Å². The Balaban J connectivity index is 1.92. The quantitative estimate of drug-likeness (QED) is 0.802. The van der Waals surface area contributed by atoms with E-state index in [0.29, 0.717) is 44.6 Å². The number of likely N-dealkylation sites (tertiary alicyclic amines) is 1. The fourth-order valence-corrected chi connectivity index (χ4v) is 4.92. The summed E-state index contributed by atoms with van der Waals surface area (Å²) in [7, 11) is -2.28. The number of carbonyl (C=O) groups excluding carboxylic acids is 2. The lowest BCUT2D eigenvalue weighted by Crippen LogP contribution is -2.38. The van der Waals surface area contributed by atoms with Crippen molar-refractivity contribution in [2.24, 2.45) is 0 Å². The van der Waals surface area contributed by atoms with Gasteiger partial charge in [0, 0.05) is 44.6 Å². The van der Waals surface area contributed by atoms with Gasteiger partial charge >= 0.3 is 0 Å². The van der Waals surface area contributed by atoms with Crippen molar-refractivity contribution >= 4 is 21.7 Å². The predicted molar refractivity (Wildman–Crippen MR) is 91.1 cm³/mol. The van der Waals surface area contributed by atoms with E-state index in [1.165, 1.54) is 23.5 Å². The van der Waals surface area contributed by atoms with E-state index in [4.69, 9.17) is 4.74 Å². The molecule has 0 unspecified atom stereocenters. The molecule has 0 bridgehead atoms. The molecule has 8 heteroatoms. The number of rotatable bonds is 4. The molecule has 1 aromatic rings.